The summed E-state index contributed by atoms with van der Waals surface area (Å²) in [6, 6.07) is 0. The van der Waals surface area contributed by atoms with E-state index in [1.54, 1.807) is 0 Å². The Bertz CT molecular complexity index is 178. The lowest BCUT2D eigenvalue weighted by molar-refractivity contribution is -0.185. The van der Waals surface area contributed by atoms with Gasteiger partial charge in [-0.1, -0.05) is 0 Å². The highest BCUT2D eigenvalue weighted by atomic mass is 16.7. The Balaban J connectivity index is 3.56. The van der Waals surface area contributed by atoms with Crippen molar-refractivity contribution in [2.75, 3.05) is 19.8 Å². The average Bonchev–Trinajstić information content (AvgIpc) is 2.13. The Morgan fingerprint density at radius 1 is 1.15 bits per heavy atom. The van der Waals surface area contributed by atoms with E-state index in [0.29, 0.717) is 0 Å². The molecule has 0 saturated carbocycles. The standard InChI is InChI=1S/C6H10O7/c7-1-4(9)12-3-6(11)13-5(10)2-8/h6-8,11H,1-3H2. The van der Waals surface area contributed by atoms with Crippen molar-refractivity contribution >= 4 is 11.9 Å². The Labute approximate surface area is 73.5 Å². The first-order valence-electron chi connectivity index (χ1n) is 3.35. The van der Waals surface area contributed by atoms with E-state index < -0.39 is 38.0 Å². The molecular formula is C6H10O7. The number of hydrogen-bond acceptors (Lipinski definition) is 7. The van der Waals surface area contributed by atoms with E-state index in [1.807, 2.05) is 0 Å². The second kappa shape index (κ2) is 6.35. The third kappa shape index (κ3) is 6.02. The quantitative estimate of drug-likeness (QED) is 0.324. The number of carbonyl (C=O) groups excluding carboxylic acids is 2. The lowest BCUT2D eigenvalue weighted by Crippen LogP contribution is -2.26. The lowest BCUT2D eigenvalue weighted by atomic mass is 10.6. The average molecular weight is 194 g/mol. The largest absolute Gasteiger partial charge is 0.457 e. The molecule has 0 aliphatic heterocycles. The summed E-state index contributed by atoms with van der Waals surface area (Å²) in [5.41, 5.74) is 0. The van der Waals surface area contributed by atoms with Crippen molar-refractivity contribution in [1.82, 2.24) is 0 Å². The first-order valence-corrected chi connectivity index (χ1v) is 3.35. The molecule has 0 aliphatic carbocycles. The maximum absolute atomic E-state index is 10.3. The highest BCUT2D eigenvalue weighted by Gasteiger charge is 2.12. The molecule has 7 nitrogen and oxygen atoms in total. The number of aliphatic hydroxyl groups is 3. The normalized spacial score (nSPS) is 11.9. The molecule has 0 heterocycles. The molecule has 1 atom stereocenters. The van der Waals surface area contributed by atoms with Gasteiger partial charge in [0.2, 0.25) is 6.29 Å². The second-order valence-electron chi connectivity index (χ2n) is 1.94. The Morgan fingerprint density at radius 3 is 2.15 bits per heavy atom. The summed E-state index contributed by atoms with van der Waals surface area (Å²) in [5, 5.41) is 25.1. The monoisotopic (exact) mass is 194 g/mol. The molecule has 0 amide bonds. The summed E-state index contributed by atoms with van der Waals surface area (Å²) in [4.78, 5) is 20.6. The molecule has 0 radical (unpaired) electrons. The summed E-state index contributed by atoms with van der Waals surface area (Å²) in [6.07, 6.45) is -1.63. The topological polar surface area (TPSA) is 113 Å². The van der Waals surface area contributed by atoms with E-state index in [9.17, 15) is 9.59 Å². The van der Waals surface area contributed by atoms with E-state index in [2.05, 4.69) is 9.47 Å². The van der Waals surface area contributed by atoms with Crippen LogP contribution in [-0.4, -0.2) is 53.4 Å². The fraction of sp³-hybridized carbons (Fsp3) is 0.667. The Hall–Kier alpha value is -1.18. The zero-order chi connectivity index (χ0) is 10.3. The molecule has 0 saturated heterocycles. The van der Waals surface area contributed by atoms with Crippen LogP contribution < -0.4 is 0 Å². The Kier molecular flexibility index (Phi) is 5.77. The summed E-state index contributed by atoms with van der Waals surface area (Å²) in [7, 11) is 0. The van der Waals surface area contributed by atoms with E-state index in [0.717, 1.165) is 0 Å². The lowest BCUT2D eigenvalue weighted by Gasteiger charge is -2.10. The van der Waals surface area contributed by atoms with Crippen molar-refractivity contribution in [3.63, 3.8) is 0 Å². The number of hydrogen-bond donors (Lipinski definition) is 3. The van der Waals surface area contributed by atoms with Gasteiger partial charge in [0.05, 0.1) is 0 Å². The smallest absolute Gasteiger partial charge is 0.334 e. The predicted octanol–water partition coefficient (Wildman–Crippen LogP) is -2.62. The van der Waals surface area contributed by atoms with Crippen molar-refractivity contribution in [2.24, 2.45) is 0 Å². The van der Waals surface area contributed by atoms with Gasteiger partial charge >= 0.3 is 11.9 Å². The fourth-order valence-corrected chi connectivity index (χ4v) is 0.433. The van der Waals surface area contributed by atoms with Gasteiger partial charge in [-0.05, 0) is 0 Å². The third-order valence-electron chi connectivity index (χ3n) is 0.913. The van der Waals surface area contributed by atoms with Gasteiger partial charge in [-0.15, -0.1) is 0 Å². The van der Waals surface area contributed by atoms with Crippen LogP contribution >= 0.6 is 0 Å². The molecule has 0 aliphatic rings. The summed E-state index contributed by atoms with van der Waals surface area (Å²) < 4.78 is 8.30. The highest BCUT2D eigenvalue weighted by molar-refractivity contribution is 5.71. The molecule has 3 N–H and O–H groups in total. The molecule has 0 fully saturated rings. The molecule has 1 unspecified atom stereocenters. The first-order chi connectivity index (χ1) is 6.10. The van der Waals surface area contributed by atoms with Crippen LogP contribution in [0.4, 0.5) is 0 Å². The molecule has 76 valence electrons. The zero-order valence-electron chi connectivity index (χ0n) is 6.67. The molecular weight excluding hydrogens is 184 g/mol. The molecule has 13 heavy (non-hydrogen) atoms. The number of rotatable bonds is 5. The van der Waals surface area contributed by atoms with Gasteiger partial charge in [0, 0.05) is 0 Å². The van der Waals surface area contributed by atoms with Crippen molar-refractivity contribution < 1.29 is 34.4 Å². The molecule has 0 bridgehead atoms. The predicted molar refractivity (Wildman–Crippen MR) is 37.2 cm³/mol. The molecule has 7 heteroatoms. The SMILES string of the molecule is O=C(CO)OCC(O)OC(=O)CO. The van der Waals surface area contributed by atoms with Crippen LogP contribution in [0.5, 0.6) is 0 Å². The zero-order valence-corrected chi connectivity index (χ0v) is 6.67. The third-order valence-corrected chi connectivity index (χ3v) is 0.913. The minimum Gasteiger partial charge on any atom is -0.457 e. The van der Waals surface area contributed by atoms with Gasteiger partial charge in [-0.3, -0.25) is 0 Å². The van der Waals surface area contributed by atoms with Crippen LogP contribution in [0.3, 0.4) is 0 Å². The van der Waals surface area contributed by atoms with Gasteiger partial charge < -0.3 is 24.8 Å². The number of esters is 2. The van der Waals surface area contributed by atoms with Crippen LogP contribution in [0.1, 0.15) is 0 Å². The van der Waals surface area contributed by atoms with Gasteiger partial charge in [-0.2, -0.15) is 0 Å². The molecule has 0 rings (SSSR count). The van der Waals surface area contributed by atoms with Crippen LogP contribution in [0.15, 0.2) is 0 Å². The second-order valence-corrected chi connectivity index (χ2v) is 1.94. The van der Waals surface area contributed by atoms with Crippen molar-refractivity contribution in [1.29, 1.82) is 0 Å². The summed E-state index contributed by atoms with van der Waals surface area (Å²) >= 11 is 0. The van der Waals surface area contributed by atoms with Gasteiger partial charge in [0.25, 0.3) is 0 Å². The van der Waals surface area contributed by atoms with Gasteiger partial charge in [0.1, 0.15) is 13.2 Å². The van der Waals surface area contributed by atoms with Gasteiger partial charge in [0.15, 0.2) is 6.61 Å². The van der Waals surface area contributed by atoms with Gasteiger partial charge in [-0.25, -0.2) is 9.59 Å². The van der Waals surface area contributed by atoms with Crippen LogP contribution in [0, 0.1) is 0 Å². The minimum atomic E-state index is -1.63. The number of ether oxygens (including phenoxy) is 2. The molecule has 0 aromatic rings. The molecule has 0 spiro atoms. The minimum absolute atomic E-state index is 0.578. The van der Waals surface area contributed by atoms with Crippen molar-refractivity contribution in [3.8, 4) is 0 Å². The van der Waals surface area contributed by atoms with E-state index in [-0.39, 0.29) is 0 Å². The summed E-state index contributed by atoms with van der Waals surface area (Å²) in [6.45, 7) is -2.27. The van der Waals surface area contributed by atoms with Crippen molar-refractivity contribution in [3.05, 3.63) is 0 Å². The van der Waals surface area contributed by atoms with Crippen molar-refractivity contribution in [2.45, 2.75) is 6.29 Å². The number of aliphatic hydroxyl groups excluding tert-OH is 3. The summed E-state index contributed by atoms with van der Waals surface area (Å²) in [5.74, 6) is -1.98. The Morgan fingerprint density at radius 2 is 1.69 bits per heavy atom. The van der Waals surface area contributed by atoms with E-state index in [4.69, 9.17) is 15.3 Å². The number of carbonyl (C=O) groups is 2. The molecule has 0 aromatic heterocycles. The maximum Gasteiger partial charge on any atom is 0.334 e. The maximum atomic E-state index is 10.3. The highest BCUT2D eigenvalue weighted by Crippen LogP contribution is 1.90. The van der Waals surface area contributed by atoms with E-state index >= 15 is 0 Å². The van der Waals surface area contributed by atoms with E-state index in [1.165, 1.54) is 0 Å². The molecule has 0 aromatic carbocycles. The van der Waals surface area contributed by atoms with Crippen LogP contribution in [-0.2, 0) is 19.1 Å². The van der Waals surface area contributed by atoms with Crippen LogP contribution in [0.25, 0.3) is 0 Å². The van der Waals surface area contributed by atoms with Crippen LogP contribution in [0.2, 0.25) is 0 Å². The fourth-order valence-electron chi connectivity index (χ4n) is 0.433. The first kappa shape index (κ1) is 11.8.